The number of hydrogen-bond acceptors (Lipinski definition) is 3. The fourth-order valence-corrected chi connectivity index (χ4v) is 1.73. The first kappa shape index (κ1) is 13.1. The maximum absolute atomic E-state index is 5.81. The van der Waals surface area contributed by atoms with Crippen LogP contribution in [0.4, 0.5) is 5.69 Å². The lowest BCUT2D eigenvalue weighted by Gasteiger charge is -2.23. The Bertz CT molecular complexity index is 307. The van der Waals surface area contributed by atoms with Crippen LogP contribution in [0.2, 0.25) is 0 Å². The van der Waals surface area contributed by atoms with Crippen LogP contribution in [0.5, 0.6) is 5.88 Å². The van der Waals surface area contributed by atoms with Crippen molar-refractivity contribution in [3.63, 3.8) is 0 Å². The van der Waals surface area contributed by atoms with Gasteiger partial charge < -0.3 is 9.64 Å². The number of pyridine rings is 1. The number of rotatable bonds is 7. The van der Waals surface area contributed by atoms with Gasteiger partial charge in [0.1, 0.15) is 0 Å². The number of unbranched alkanes of at least 4 members (excludes halogenated alkanes) is 1. The van der Waals surface area contributed by atoms with Gasteiger partial charge in [-0.05, 0) is 12.5 Å². The van der Waals surface area contributed by atoms with Crippen LogP contribution in [0.3, 0.4) is 0 Å². The molecule has 16 heavy (non-hydrogen) atoms. The van der Waals surface area contributed by atoms with Crippen molar-refractivity contribution in [2.45, 2.75) is 19.8 Å². The Morgan fingerprint density at radius 1 is 1.44 bits per heavy atom. The van der Waals surface area contributed by atoms with Gasteiger partial charge in [0.25, 0.3) is 0 Å². The first-order valence-corrected chi connectivity index (χ1v) is 6.16. The normalized spacial score (nSPS) is 10.2. The topological polar surface area (TPSA) is 25.4 Å². The molecule has 0 aliphatic heterocycles. The van der Waals surface area contributed by atoms with E-state index in [1.165, 1.54) is 12.8 Å². The van der Waals surface area contributed by atoms with Crippen molar-refractivity contribution >= 4 is 17.3 Å². The maximum atomic E-state index is 5.81. The molecule has 4 heteroatoms. The highest BCUT2D eigenvalue weighted by molar-refractivity contribution is 6.18. The van der Waals surface area contributed by atoms with Gasteiger partial charge in [-0.2, -0.15) is 0 Å². The summed E-state index contributed by atoms with van der Waals surface area (Å²) < 4.78 is 5.12. The minimum atomic E-state index is 0.633. The highest BCUT2D eigenvalue weighted by Gasteiger charge is 2.06. The summed E-state index contributed by atoms with van der Waals surface area (Å²) in [5, 5.41) is 0. The van der Waals surface area contributed by atoms with E-state index < -0.39 is 0 Å². The molecule has 0 radical (unpaired) electrons. The molecule has 90 valence electrons. The van der Waals surface area contributed by atoms with Crippen molar-refractivity contribution in [1.29, 1.82) is 0 Å². The van der Waals surface area contributed by atoms with E-state index in [1.807, 2.05) is 12.1 Å². The van der Waals surface area contributed by atoms with Crippen LogP contribution in [0.15, 0.2) is 18.3 Å². The van der Waals surface area contributed by atoms with Crippen molar-refractivity contribution in [3.8, 4) is 5.88 Å². The average Bonchev–Trinajstić information content (AvgIpc) is 2.34. The van der Waals surface area contributed by atoms with Crippen LogP contribution in [0, 0.1) is 0 Å². The van der Waals surface area contributed by atoms with Gasteiger partial charge in [0, 0.05) is 36.9 Å². The van der Waals surface area contributed by atoms with E-state index in [-0.39, 0.29) is 0 Å². The van der Waals surface area contributed by atoms with Gasteiger partial charge in [0.2, 0.25) is 5.88 Å². The summed E-state index contributed by atoms with van der Waals surface area (Å²) in [6, 6.07) is 3.94. The number of nitrogens with zero attached hydrogens (tertiary/aromatic N) is 2. The van der Waals surface area contributed by atoms with Crippen LogP contribution in [-0.2, 0) is 0 Å². The third-order valence-electron chi connectivity index (χ3n) is 2.43. The third kappa shape index (κ3) is 3.89. The molecule has 0 saturated heterocycles. The van der Waals surface area contributed by atoms with Gasteiger partial charge in [-0.1, -0.05) is 13.3 Å². The number of anilines is 1. The summed E-state index contributed by atoms with van der Waals surface area (Å²) in [6.07, 6.45) is 4.11. The second-order valence-corrected chi connectivity index (χ2v) is 3.96. The molecule has 0 spiro atoms. The van der Waals surface area contributed by atoms with Crippen LogP contribution < -0.4 is 9.64 Å². The van der Waals surface area contributed by atoms with E-state index in [1.54, 1.807) is 13.3 Å². The molecule has 1 aromatic heterocycles. The highest BCUT2D eigenvalue weighted by atomic mass is 35.5. The zero-order valence-electron chi connectivity index (χ0n) is 9.95. The first-order chi connectivity index (χ1) is 7.81. The molecule has 0 aliphatic rings. The summed E-state index contributed by atoms with van der Waals surface area (Å²) in [4.78, 5) is 6.36. The Hall–Kier alpha value is -0.960. The zero-order chi connectivity index (χ0) is 11.8. The maximum Gasteiger partial charge on any atom is 0.214 e. The van der Waals surface area contributed by atoms with Crippen molar-refractivity contribution in [2.75, 3.05) is 31.0 Å². The van der Waals surface area contributed by atoms with Gasteiger partial charge in [-0.15, -0.1) is 11.6 Å². The fourth-order valence-electron chi connectivity index (χ4n) is 1.53. The number of aromatic nitrogens is 1. The lowest BCUT2D eigenvalue weighted by atomic mass is 10.3. The van der Waals surface area contributed by atoms with E-state index >= 15 is 0 Å². The molecule has 1 aromatic rings. The quantitative estimate of drug-likeness (QED) is 0.688. The zero-order valence-corrected chi connectivity index (χ0v) is 10.7. The summed E-state index contributed by atoms with van der Waals surface area (Å²) in [6.45, 7) is 4.07. The number of methoxy groups -OCH3 is 1. The Balaban J connectivity index is 2.73. The Morgan fingerprint density at radius 3 is 2.88 bits per heavy atom. The summed E-state index contributed by atoms with van der Waals surface area (Å²) in [7, 11) is 1.63. The molecule has 0 amide bonds. The predicted molar refractivity (Wildman–Crippen MR) is 68.6 cm³/mol. The van der Waals surface area contributed by atoms with E-state index in [2.05, 4.69) is 16.8 Å². The Kier molecular flexibility index (Phi) is 6.01. The molecule has 1 heterocycles. The van der Waals surface area contributed by atoms with E-state index in [4.69, 9.17) is 16.3 Å². The van der Waals surface area contributed by atoms with E-state index in [0.29, 0.717) is 11.8 Å². The third-order valence-corrected chi connectivity index (χ3v) is 2.60. The molecule has 0 atom stereocenters. The lowest BCUT2D eigenvalue weighted by Crippen LogP contribution is -2.26. The number of ether oxygens (including phenoxy) is 1. The SMILES string of the molecule is CCCCN(CCCl)c1ccnc(OC)c1. The number of halogens is 1. The lowest BCUT2D eigenvalue weighted by molar-refractivity contribution is 0.398. The summed E-state index contributed by atoms with van der Waals surface area (Å²) in [5.41, 5.74) is 1.13. The predicted octanol–water partition coefficient (Wildman–Crippen LogP) is 2.94. The molecule has 0 N–H and O–H groups in total. The average molecular weight is 243 g/mol. The second-order valence-electron chi connectivity index (χ2n) is 3.59. The molecule has 0 aromatic carbocycles. The molecule has 0 bridgehead atoms. The van der Waals surface area contributed by atoms with Crippen LogP contribution in [0.25, 0.3) is 0 Å². The van der Waals surface area contributed by atoms with Crippen molar-refractivity contribution in [1.82, 2.24) is 4.98 Å². The van der Waals surface area contributed by atoms with Crippen LogP contribution in [0.1, 0.15) is 19.8 Å². The van der Waals surface area contributed by atoms with E-state index in [9.17, 15) is 0 Å². The monoisotopic (exact) mass is 242 g/mol. The van der Waals surface area contributed by atoms with Crippen molar-refractivity contribution in [3.05, 3.63) is 18.3 Å². The highest BCUT2D eigenvalue weighted by Crippen LogP contribution is 2.18. The molecule has 0 unspecified atom stereocenters. The largest absolute Gasteiger partial charge is 0.481 e. The van der Waals surface area contributed by atoms with Crippen LogP contribution >= 0.6 is 11.6 Å². The van der Waals surface area contributed by atoms with Crippen molar-refractivity contribution < 1.29 is 4.74 Å². The van der Waals surface area contributed by atoms with Gasteiger partial charge in [-0.3, -0.25) is 0 Å². The van der Waals surface area contributed by atoms with Crippen LogP contribution in [-0.4, -0.2) is 31.1 Å². The van der Waals surface area contributed by atoms with Gasteiger partial charge in [-0.25, -0.2) is 4.98 Å². The van der Waals surface area contributed by atoms with Gasteiger partial charge >= 0.3 is 0 Å². The second kappa shape index (κ2) is 7.34. The van der Waals surface area contributed by atoms with Crippen molar-refractivity contribution in [2.24, 2.45) is 0 Å². The Morgan fingerprint density at radius 2 is 2.25 bits per heavy atom. The molecule has 0 saturated carbocycles. The first-order valence-electron chi connectivity index (χ1n) is 5.62. The molecule has 3 nitrogen and oxygen atoms in total. The number of alkyl halides is 1. The smallest absolute Gasteiger partial charge is 0.214 e. The summed E-state index contributed by atoms with van der Waals surface area (Å²) >= 11 is 5.81. The molecule has 1 rings (SSSR count). The van der Waals surface area contributed by atoms with E-state index in [0.717, 1.165) is 18.8 Å². The van der Waals surface area contributed by atoms with Gasteiger partial charge in [0.05, 0.1) is 7.11 Å². The fraction of sp³-hybridized carbons (Fsp3) is 0.583. The standard InChI is InChI=1S/C12H19ClN2O/c1-3-4-8-15(9-6-13)11-5-7-14-12(10-11)16-2/h5,7,10H,3-4,6,8-9H2,1-2H3. The molecular formula is C12H19ClN2O. The Labute approximate surface area is 102 Å². The van der Waals surface area contributed by atoms with Gasteiger partial charge in [0.15, 0.2) is 0 Å². The minimum absolute atomic E-state index is 0.633. The minimum Gasteiger partial charge on any atom is -0.481 e. The molecule has 0 fully saturated rings. The summed E-state index contributed by atoms with van der Waals surface area (Å²) in [5.74, 6) is 1.28. The molecule has 0 aliphatic carbocycles. The molecular weight excluding hydrogens is 224 g/mol. The number of hydrogen-bond donors (Lipinski definition) is 0.